The predicted octanol–water partition coefficient (Wildman–Crippen LogP) is 3.61. The Kier molecular flexibility index (Phi) is 1.96. The van der Waals surface area contributed by atoms with Crippen molar-refractivity contribution < 1.29 is 0 Å². The zero-order valence-corrected chi connectivity index (χ0v) is 9.11. The van der Waals surface area contributed by atoms with E-state index in [1.165, 1.54) is 24.3 Å². The number of halogens is 1. The summed E-state index contributed by atoms with van der Waals surface area (Å²) in [7, 11) is 0. The molecule has 1 aliphatic rings. The van der Waals surface area contributed by atoms with Crippen LogP contribution in [-0.2, 0) is 0 Å². The first-order valence-corrected chi connectivity index (χ1v) is 5.94. The fourth-order valence-corrected chi connectivity index (χ4v) is 3.06. The fourth-order valence-electron chi connectivity index (χ4n) is 1.67. The van der Waals surface area contributed by atoms with E-state index in [9.17, 15) is 0 Å². The average molecular weight is 225 g/mol. The molecule has 4 heteroatoms. The molecule has 2 nitrogen and oxygen atoms in total. The number of thiazole rings is 1. The molecule has 0 radical (unpaired) electrons. The molecule has 72 valence electrons. The third-order valence-corrected chi connectivity index (χ3v) is 4.16. The Balaban J connectivity index is 2.15. The van der Waals surface area contributed by atoms with Crippen LogP contribution in [0.4, 0.5) is 0 Å². The molecule has 1 fully saturated rings. The molecule has 0 spiro atoms. The Morgan fingerprint density at radius 3 is 2.86 bits per heavy atom. The van der Waals surface area contributed by atoms with E-state index >= 15 is 0 Å². The van der Waals surface area contributed by atoms with E-state index in [4.69, 9.17) is 11.6 Å². The first-order valence-electron chi connectivity index (χ1n) is 4.74. The van der Waals surface area contributed by atoms with Gasteiger partial charge in [0, 0.05) is 18.3 Å². The van der Waals surface area contributed by atoms with Crippen LogP contribution >= 0.6 is 22.9 Å². The smallest absolute Gasteiger partial charge is 0.103 e. The molecule has 1 aliphatic carbocycles. The van der Waals surface area contributed by atoms with Crippen molar-refractivity contribution in [3.05, 3.63) is 22.4 Å². The number of hydrogen-bond donors (Lipinski definition) is 0. The Hall–Kier alpha value is -0.670. The lowest BCUT2D eigenvalue weighted by molar-refractivity contribution is 0.419. The van der Waals surface area contributed by atoms with Crippen molar-refractivity contribution in [3.63, 3.8) is 0 Å². The van der Waals surface area contributed by atoms with Crippen LogP contribution in [0.15, 0.2) is 12.4 Å². The first kappa shape index (κ1) is 8.62. The minimum absolute atomic E-state index is 0.671. The maximum atomic E-state index is 6.02. The molecule has 3 rings (SSSR count). The summed E-state index contributed by atoms with van der Waals surface area (Å²) in [5.41, 5.74) is 0.925. The zero-order valence-electron chi connectivity index (χ0n) is 7.53. The summed E-state index contributed by atoms with van der Waals surface area (Å²) < 4.78 is 1.11. The van der Waals surface area contributed by atoms with E-state index in [0.717, 1.165) is 10.2 Å². The van der Waals surface area contributed by atoms with Crippen LogP contribution in [0.25, 0.3) is 10.2 Å². The third kappa shape index (κ3) is 1.23. The topological polar surface area (TPSA) is 25.8 Å². The summed E-state index contributed by atoms with van der Waals surface area (Å²) in [5, 5.41) is 1.91. The van der Waals surface area contributed by atoms with Gasteiger partial charge in [-0.3, -0.25) is 4.98 Å². The molecule has 2 heterocycles. The number of aromatic nitrogens is 2. The van der Waals surface area contributed by atoms with Gasteiger partial charge in [-0.25, -0.2) is 4.98 Å². The monoisotopic (exact) mass is 224 g/mol. The van der Waals surface area contributed by atoms with Crippen molar-refractivity contribution in [2.75, 3.05) is 0 Å². The number of hydrogen-bond acceptors (Lipinski definition) is 3. The van der Waals surface area contributed by atoms with Crippen molar-refractivity contribution in [2.45, 2.75) is 25.2 Å². The Morgan fingerprint density at radius 1 is 1.36 bits per heavy atom. The molecule has 0 N–H and O–H groups in total. The molecule has 2 aromatic heterocycles. The molecule has 0 aliphatic heterocycles. The van der Waals surface area contributed by atoms with Gasteiger partial charge in [-0.15, -0.1) is 11.3 Å². The second-order valence-corrected chi connectivity index (χ2v) is 5.12. The van der Waals surface area contributed by atoms with Gasteiger partial charge in [0.25, 0.3) is 0 Å². The van der Waals surface area contributed by atoms with Gasteiger partial charge in [-0.2, -0.15) is 0 Å². The molecule has 2 aromatic rings. The molecule has 0 atom stereocenters. The van der Waals surface area contributed by atoms with Crippen LogP contribution in [0.5, 0.6) is 0 Å². The summed E-state index contributed by atoms with van der Waals surface area (Å²) in [5.74, 6) is 0.684. The van der Waals surface area contributed by atoms with Crippen LogP contribution in [0.3, 0.4) is 0 Å². The summed E-state index contributed by atoms with van der Waals surface area (Å²) >= 11 is 7.76. The zero-order chi connectivity index (χ0) is 9.54. The second-order valence-electron chi connectivity index (χ2n) is 3.65. The maximum Gasteiger partial charge on any atom is 0.103 e. The molecule has 0 unspecified atom stereocenters. The number of pyridine rings is 1. The van der Waals surface area contributed by atoms with Gasteiger partial charge < -0.3 is 0 Å². The maximum absolute atomic E-state index is 6.02. The first-order chi connectivity index (χ1) is 6.84. The molecule has 1 saturated carbocycles. The highest BCUT2D eigenvalue weighted by Gasteiger charge is 2.23. The highest BCUT2D eigenvalue weighted by Crippen LogP contribution is 2.40. The molecule has 0 saturated heterocycles. The predicted molar refractivity (Wildman–Crippen MR) is 59.0 cm³/mol. The Bertz CT molecular complexity index is 476. The van der Waals surface area contributed by atoms with Crippen molar-refractivity contribution in [3.8, 4) is 0 Å². The van der Waals surface area contributed by atoms with Gasteiger partial charge in [-0.1, -0.05) is 18.0 Å². The largest absolute Gasteiger partial charge is 0.262 e. The van der Waals surface area contributed by atoms with E-state index in [2.05, 4.69) is 9.97 Å². The van der Waals surface area contributed by atoms with E-state index < -0.39 is 0 Å². The minimum Gasteiger partial charge on any atom is -0.262 e. The highest BCUT2D eigenvalue weighted by molar-refractivity contribution is 7.18. The standard InChI is InChI=1S/C10H9ClN2S/c11-7-4-12-5-8-9(7)13-10(14-8)6-2-1-3-6/h4-6H,1-3H2. The lowest BCUT2D eigenvalue weighted by Gasteiger charge is -2.22. The number of fused-ring (bicyclic) bond motifs is 1. The lowest BCUT2D eigenvalue weighted by Crippen LogP contribution is -2.07. The van der Waals surface area contributed by atoms with Crippen LogP contribution < -0.4 is 0 Å². The lowest BCUT2D eigenvalue weighted by atomic mass is 9.86. The van der Waals surface area contributed by atoms with Crippen molar-refractivity contribution in [1.29, 1.82) is 0 Å². The summed E-state index contributed by atoms with van der Waals surface area (Å²) in [6, 6.07) is 0. The molecular formula is C10H9ClN2S. The third-order valence-electron chi connectivity index (χ3n) is 2.73. The van der Waals surface area contributed by atoms with Crippen molar-refractivity contribution in [2.24, 2.45) is 0 Å². The summed E-state index contributed by atoms with van der Waals surface area (Å²) in [4.78, 5) is 8.65. The molecule has 14 heavy (non-hydrogen) atoms. The van der Waals surface area contributed by atoms with Gasteiger partial charge in [0.05, 0.1) is 14.7 Å². The van der Waals surface area contributed by atoms with Crippen LogP contribution in [0.2, 0.25) is 5.02 Å². The second kappa shape index (κ2) is 3.17. The van der Waals surface area contributed by atoms with Gasteiger partial charge in [0.1, 0.15) is 5.52 Å². The SMILES string of the molecule is Clc1cncc2sc(C3CCC3)nc12. The number of nitrogens with zero attached hydrogens (tertiary/aromatic N) is 2. The van der Waals surface area contributed by atoms with Crippen molar-refractivity contribution >= 4 is 33.2 Å². The normalized spacial score (nSPS) is 17.2. The van der Waals surface area contributed by atoms with Crippen molar-refractivity contribution in [1.82, 2.24) is 9.97 Å². The molecule has 0 bridgehead atoms. The van der Waals surface area contributed by atoms with Gasteiger partial charge >= 0.3 is 0 Å². The Morgan fingerprint density at radius 2 is 2.21 bits per heavy atom. The quantitative estimate of drug-likeness (QED) is 0.740. The van der Waals surface area contributed by atoms with E-state index in [-0.39, 0.29) is 0 Å². The van der Waals surface area contributed by atoms with Crippen LogP contribution in [-0.4, -0.2) is 9.97 Å². The van der Waals surface area contributed by atoms with E-state index in [1.54, 1.807) is 17.5 Å². The highest BCUT2D eigenvalue weighted by atomic mass is 35.5. The van der Waals surface area contributed by atoms with E-state index in [0.29, 0.717) is 10.9 Å². The average Bonchev–Trinajstić information content (AvgIpc) is 2.46. The summed E-state index contributed by atoms with van der Waals surface area (Å²) in [6.45, 7) is 0. The van der Waals surface area contributed by atoms with Crippen LogP contribution in [0.1, 0.15) is 30.2 Å². The van der Waals surface area contributed by atoms with Gasteiger partial charge in [0.15, 0.2) is 0 Å². The molecule has 0 amide bonds. The van der Waals surface area contributed by atoms with E-state index in [1.807, 2.05) is 6.20 Å². The molecular weight excluding hydrogens is 216 g/mol. The summed E-state index contributed by atoms with van der Waals surface area (Å²) in [6.07, 6.45) is 7.41. The Labute approximate surface area is 90.9 Å². The van der Waals surface area contributed by atoms with Crippen LogP contribution in [0, 0.1) is 0 Å². The minimum atomic E-state index is 0.671. The van der Waals surface area contributed by atoms with Gasteiger partial charge in [-0.05, 0) is 12.8 Å². The fraction of sp³-hybridized carbons (Fsp3) is 0.400. The molecule has 0 aromatic carbocycles. The van der Waals surface area contributed by atoms with Gasteiger partial charge in [0.2, 0.25) is 0 Å². The number of rotatable bonds is 1.